The highest BCUT2D eigenvalue weighted by molar-refractivity contribution is 8.25. The molecule has 2 rings (SSSR count). The van der Waals surface area contributed by atoms with E-state index in [1.54, 1.807) is 6.08 Å². The van der Waals surface area contributed by atoms with Gasteiger partial charge in [-0.3, -0.25) is 4.90 Å². The highest BCUT2D eigenvalue weighted by Gasteiger charge is 2.10. The van der Waals surface area contributed by atoms with E-state index < -0.39 is 16.7 Å². The number of hydrogen-bond donors (Lipinski definition) is 4. The average molecular weight is 397 g/mol. The lowest BCUT2D eigenvalue weighted by atomic mass is 10.2. The summed E-state index contributed by atoms with van der Waals surface area (Å²) in [4.78, 5) is 32.6. The molecule has 0 aliphatic carbocycles. The molecule has 148 valence electrons. The van der Waals surface area contributed by atoms with Gasteiger partial charge in [-0.15, -0.1) is 6.58 Å². The van der Waals surface area contributed by atoms with E-state index in [2.05, 4.69) is 22.1 Å². The van der Waals surface area contributed by atoms with Gasteiger partial charge in [0, 0.05) is 39.3 Å². The molecule has 0 saturated carbocycles. The van der Waals surface area contributed by atoms with Crippen LogP contribution in [0.4, 0.5) is 14.4 Å². The smallest absolute Gasteiger partial charge is 0.412 e. The Morgan fingerprint density at radius 3 is 2.26 bits per heavy atom. The van der Waals surface area contributed by atoms with Gasteiger partial charge in [-0.25, -0.2) is 14.4 Å². The number of carbonyl (C=O) groups excluding carboxylic acids is 1. The molecule has 10 heteroatoms. The molecule has 1 aliphatic heterocycles. The number of nitrogens with zero attached hydrogens (tertiary/aromatic N) is 1. The first-order valence-corrected chi connectivity index (χ1v) is 8.94. The van der Waals surface area contributed by atoms with E-state index in [1.807, 2.05) is 24.3 Å². The maximum absolute atomic E-state index is 11.4. The first kappa shape index (κ1) is 22.5. The first-order chi connectivity index (χ1) is 12.9. The Morgan fingerprint density at radius 1 is 1.19 bits per heavy atom. The largest absolute Gasteiger partial charge is 0.473 e. The summed E-state index contributed by atoms with van der Waals surface area (Å²) in [6.07, 6.45) is 1.15. The van der Waals surface area contributed by atoms with Crippen LogP contribution >= 0.6 is 11.8 Å². The van der Waals surface area contributed by atoms with E-state index in [0.717, 1.165) is 32.7 Å². The molecule has 1 aliphatic rings. The van der Waals surface area contributed by atoms with Gasteiger partial charge in [-0.1, -0.05) is 18.2 Å². The number of amides is 1. The fourth-order valence-corrected chi connectivity index (χ4v) is 2.31. The fraction of sp³-hybridized carbons (Fsp3) is 0.353. The molecule has 0 bridgehead atoms. The second-order valence-electron chi connectivity index (χ2n) is 5.36. The van der Waals surface area contributed by atoms with Gasteiger partial charge in [0.2, 0.25) is 0 Å². The molecular weight excluding hydrogens is 374 g/mol. The summed E-state index contributed by atoms with van der Waals surface area (Å²) in [5.74, 6) is 0.552. The third-order valence-electron chi connectivity index (χ3n) is 3.32. The Balaban J connectivity index is 0.000000445. The van der Waals surface area contributed by atoms with Crippen LogP contribution in [0.25, 0.3) is 0 Å². The highest BCUT2D eigenvalue weighted by atomic mass is 32.2. The van der Waals surface area contributed by atoms with Crippen molar-refractivity contribution < 1.29 is 29.3 Å². The molecule has 0 spiro atoms. The van der Waals surface area contributed by atoms with E-state index in [0.29, 0.717) is 12.3 Å². The number of piperazine rings is 1. The summed E-state index contributed by atoms with van der Waals surface area (Å²) >= 11 is -0.157. The number of rotatable bonds is 5. The molecule has 27 heavy (non-hydrogen) atoms. The van der Waals surface area contributed by atoms with E-state index in [1.165, 1.54) is 5.56 Å². The maximum atomic E-state index is 11.4. The Bertz CT molecular complexity index is 620. The third kappa shape index (κ3) is 10.9. The minimum Gasteiger partial charge on any atom is -0.473 e. The molecule has 1 heterocycles. The monoisotopic (exact) mass is 397 g/mol. The second kappa shape index (κ2) is 12.7. The molecule has 9 nitrogen and oxygen atoms in total. The lowest BCUT2D eigenvalue weighted by molar-refractivity contribution is 0.201. The summed E-state index contributed by atoms with van der Waals surface area (Å²) in [6, 6.07) is 7.65. The van der Waals surface area contributed by atoms with Crippen LogP contribution in [0.3, 0.4) is 0 Å². The number of ether oxygens (including phenoxy) is 1. The lowest BCUT2D eigenvalue weighted by Crippen LogP contribution is -2.42. The predicted molar refractivity (Wildman–Crippen MR) is 102 cm³/mol. The van der Waals surface area contributed by atoms with Crippen LogP contribution in [0, 0.1) is 0 Å². The summed E-state index contributed by atoms with van der Waals surface area (Å²) in [5.41, 5.74) is 1.23. The molecule has 4 N–H and O–H groups in total. The van der Waals surface area contributed by atoms with Crippen LogP contribution in [0.2, 0.25) is 0 Å². The van der Waals surface area contributed by atoms with Crippen LogP contribution in [0.1, 0.15) is 5.56 Å². The number of nitrogens with one attached hydrogen (secondary N) is 2. The van der Waals surface area contributed by atoms with Gasteiger partial charge >= 0.3 is 16.7 Å². The van der Waals surface area contributed by atoms with Gasteiger partial charge in [-0.2, -0.15) is 0 Å². The minimum absolute atomic E-state index is 0.157. The zero-order valence-electron chi connectivity index (χ0n) is 14.7. The molecule has 1 saturated heterocycles. The van der Waals surface area contributed by atoms with Crippen molar-refractivity contribution in [2.45, 2.75) is 6.54 Å². The summed E-state index contributed by atoms with van der Waals surface area (Å²) in [5, 5.41) is 18.4. The molecule has 1 fully saturated rings. The van der Waals surface area contributed by atoms with Crippen molar-refractivity contribution in [1.82, 2.24) is 15.5 Å². The van der Waals surface area contributed by atoms with E-state index in [9.17, 15) is 14.4 Å². The molecular formula is C17H23N3O6S. The number of thioether (sulfide) groups is 1. The van der Waals surface area contributed by atoms with E-state index in [-0.39, 0.29) is 11.8 Å². The van der Waals surface area contributed by atoms with Crippen LogP contribution in [0.15, 0.2) is 36.9 Å². The average Bonchev–Trinajstić information content (AvgIpc) is 2.62. The molecule has 0 unspecified atom stereocenters. The second-order valence-corrected chi connectivity index (χ2v) is 6.27. The Labute approximate surface area is 161 Å². The summed E-state index contributed by atoms with van der Waals surface area (Å²) in [6.45, 7) is 9.10. The van der Waals surface area contributed by atoms with Crippen molar-refractivity contribution in [3.8, 4) is 5.75 Å². The van der Waals surface area contributed by atoms with Gasteiger partial charge < -0.3 is 25.6 Å². The zero-order chi connectivity index (χ0) is 20.1. The van der Waals surface area contributed by atoms with Crippen LogP contribution in [-0.2, 0) is 6.54 Å². The zero-order valence-corrected chi connectivity index (χ0v) is 15.5. The first-order valence-electron chi connectivity index (χ1n) is 8.13. The van der Waals surface area contributed by atoms with Crippen LogP contribution in [-0.4, -0.2) is 64.5 Å². The fourth-order valence-electron chi connectivity index (χ4n) is 2.16. The van der Waals surface area contributed by atoms with Crippen molar-refractivity contribution in [1.29, 1.82) is 0 Å². The van der Waals surface area contributed by atoms with Crippen molar-refractivity contribution >= 4 is 28.5 Å². The third-order valence-corrected chi connectivity index (χ3v) is 3.66. The molecule has 1 aromatic carbocycles. The normalized spacial score (nSPS) is 13.6. The van der Waals surface area contributed by atoms with Crippen molar-refractivity contribution in [3.05, 3.63) is 42.5 Å². The van der Waals surface area contributed by atoms with Gasteiger partial charge in [0.1, 0.15) is 5.75 Å². The minimum atomic E-state index is -1.40. The lowest BCUT2D eigenvalue weighted by Gasteiger charge is -2.27. The number of hydrogen-bond acceptors (Lipinski definition) is 7. The van der Waals surface area contributed by atoms with E-state index in [4.69, 9.17) is 14.9 Å². The SMILES string of the molecule is C=CCNC(=O)Oc1ccc(CN2CCNCC2)cc1.O=C(O)SC(=O)O. The Morgan fingerprint density at radius 2 is 1.78 bits per heavy atom. The number of carboxylic acid groups (broad SMARTS) is 2. The maximum Gasteiger partial charge on any atom is 0.412 e. The van der Waals surface area contributed by atoms with Crippen LogP contribution < -0.4 is 15.4 Å². The topological polar surface area (TPSA) is 128 Å². The van der Waals surface area contributed by atoms with Gasteiger partial charge in [0.05, 0.1) is 11.8 Å². The van der Waals surface area contributed by atoms with Gasteiger partial charge in [0.25, 0.3) is 0 Å². The Kier molecular flexibility index (Phi) is 10.6. The Hall–Kier alpha value is -2.56. The van der Waals surface area contributed by atoms with E-state index >= 15 is 0 Å². The molecule has 0 radical (unpaired) electrons. The van der Waals surface area contributed by atoms with Gasteiger partial charge in [0.15, 0.2) is 0 Å². The molecule has 1 amide bonds. The number of carbonyl (C=O) groups is 3. The summed E-state index contributed by atoms with van der Waals surface area (Å²) < 4.78 is 5.14. The van der Waals surface area contributed by atoms with Crippen LogP contribution in [0.5, 0.6) is 5.75 Å². The molecule has 0 aromatic heterocycles. The molecule has 0 atom stereocenters. The quantitative estimate of drug-likeness (QED) is 0.554. The van der Waals surface area contributed by atoms with Crippen molar-refractivity contribution in [2.24, 2.45) is 0 Å². The summed E-state index contributed by atoms with van der Waals surface area (Å²) in [7, 11) is 0. The number of benzene rings is 1. The molecule has 1 aromatic rings. The van der Waals surface area contributed by atoms with Gasteiger partial charge in [-0.05, 0) is 17.7 Å². The van der Waals surface area contributed by atoms with Crippen molar-refractivity contribution in [2.75, 3.05) is 32.7 Å². The standard InChI is InChI=1S/C15H21N3O2.C2H2O4S/c1-2-7-17-15(19)20-14-5-3-13(4-6-14)12-18-10-8-16-9-11-18;3-1(4)7-2(5)6/h2-6,16H,1,7-12H2,(H,17,19);(H,3,4)(H,5,6). The highest BCUT2D eigenvalue weighted by Crippen LogP contribution is 2.14. The van der Waals surface area contributed by atoms with Crippen molar-refractivity contribution in [3.63, 3.8) is 0 Å². The predicted octanol–water partition coefficient (Wildman–Crippen LogP) is 2.44.